The molecule has 0 radical (unpaired) electrons. The second-order valence-corrected chi connectivity index (χ2v) is 7.86. The van der Waals surface area contributed by atoms with Crippen LogP contribution in [0.5, 0.6) is 0 Å². The highest BCUT2D eigenvalue weighted by Crippen LogP contribution is 2.28. The Morgan fingerprint density at radius 3 is 2.38 bits per heavy atom. The molecule has 0 saturated heterocycles. The van der Waals surface area contributed by atoms with E-state index in [0.29, 0.717) is 12.2 Å². The van der Waals surface area contributed by atoms with Crippen LogP contribution in [0.1, 0.15) is 26.5 Å². The van der Waals surface area contributed by atoms with Crippen molar-refractivity contribution >= 4 is 22.9 Å². The fourth-order valence-electron chi connectivity index (χ4n) is 2.47. The normalized spacial score (nSPS) is 11.4. The minimum absolute atomic E-state index is 0.0393. The first-order chi connectivity index (χ1) is 12.3. The number of hydrogen-bond donors (Lipinski definition) is 0. The van der Waals surface area contributed by atoms with Gasteiger partial charge in [0.25, 0.3) is 0 Å². The molecule has 0 spiro atoms. The van der Waals surface area contributed by atoms with Crippen molar-refractivity contribution in [2.75, 3.05) is 4.90 Å². The van der Waals surface area contributed by atoms with Crippen molar-refractivity contribution in [3.63, 3.8) is 0 Å². The van der Waals surface area contributed by atoms with Crippen LogP contribution >= 0.6 is 11.3 Å². The van der Waals surface area contributed by atoms with Gasteiger partial charge in [0.1, 0.15) is 10.8 Å². The molecule has 0 bridgehead atoms. The van der Waals surface area contributed by atoms with Gasteiger partial charge in [-0.3, -0.25) is 9.78 Å². The lowest BCUT2D eigenvalue weighted by molar-refractivity contribution is -0.125. The lowest BCUT2D eigenvalue weighted by Crippen LogP contribution is -2.39. The molecule has 3 aromatic rings. The SMILES string of the molecule is CC(C)(C)C(=O)N(Cc1csc(-c2ccncc2)n1)c1ccc(F)cc1. The molecule has 0 saturated carbocycles. The van der Waals surface area contributed by atoms with Crippen LogP contribution in [0, 0.1) is 11.2 Å². The maximum absolute atomic E-state index is 13.3. The fourth-order valence-corrected chi connectivity index (χ4v) is 3.29. The molecule has 26 heavy (non-hydrogen) atoms. The summed E-state index contributed by atoms with van der Waals surface area (Å²) in [7, 11) is 0. The molecular formula is C20H20FN3OS. The number of pyridine rings is 1. The first-order valence-electron chi connectivity index (χ1n) is 8.27. The first kappa shape index (κ1) is 18.2. The maximum Gasteiger partial charge on any atom is 0.232 e. The van der Waals surface area contributed by atoms with Crippen molar-refractivity contribution in [2.24, 2.45) is 5.41 Å². The predicted octanol–water partition coefficient (Wildman–Crippen LogP) is 4.92. The van der Waals surface area contributed by atoms with E-state index in [1.165, 1.54) is 23.5 Å². The summed E-state index contributed by atoms with van der Waals surface area (Å²) >= 11 is 1.52. The van der Waals surface area contributed by atoms with Gasteiger partial charge in [0.2, 0.25) is 5.91 Å². The van der Waals surface area contributed by atoms with E-state index in [2.05, 4.69) is 9.97 Å². The molecule has 6 heteroatoms. The summed E-state index contributed by atoms with van der Waals surface area (Å²) in [5.74, 6) is -0.367. The van der Waals surface area contributed by atoms with Gasteiger partial charge in [0, 0.05) is 34.4 Å². The monoisotopic (exact) mass is 369 g/mol. The van der Waals surface area contributed by atoms with Gasteiger partial charge in [-0.25, -0.2) is 9.37 Å². The largest absolute Gasteiger partial charge is 0.306 e. The van der Waals surface area contributed by atoms with Gasteiger partial charge in [-0.15, -0.1) is 11.3 Å². The van der Waals surface area contributed by atoms with Gasteiger partial charge in [-0.05, 0) is 36.4 Å². The Hall–Kier alpha value is -2.60. The van der Waals surface area contributed by atoms with Crippen molar-refractivity contribution in [1.29, 1.82) is 0 Å². The number of carbonyl (C=O) groups is 1. The molecule has 1 aromatic carbocycles. The van der Waals surface area contributed by atoms with Gasteiger partial charge < -0.3 is 4.90 Å². The molecule has 0 N–H and O–H groups in total. The molecule has 134 valence electrons. The number of hydrogen-bond acceptors (Lipinski definition) is 4. The predicted molar refractivity (Wildman–Crippen MR) is 102 cm³/mol. The minimum atomic E-state index is -0.557. The molecular weight excluding hydrogens is 349 g/mol. The summed E-state index contributed by atoms with van der Waals surface area (Å²) in [5.41, 5.74) is 1.89. The summed E-state index contributed by atoms with van der Waals surface area (Å²) < 4.78 is 13.3. The Balaban J connectivity index is 1.90. The molecule has 0 aliphatic carbocycles. The number of anilines is 1. The topological polar surface area (TPSA) is 46.1 Å². The summed E-state index contributed by atoms with van der Waals surface area (Å²) in [6.07, 6.45) is 3.45. The zero-order chi connectivity index (χ0) is 18.7. The highest BCUT2D eigenvalue weighted by molar-refractivity contribution is 7.13. The average Bonchev–Trinajstić information content (AvgIpc) is 3.09. The smallest absolute Gasteiger partial charge is 0.232 e. The average molecular weight is 369 g/mol. The van der Waals surface area contributed by atoms with Crippen LogP contribution in [-0.2, 0) is 11.3 Å². The zero-order valence-corrected chi connectivity index (χ0v) is 15.8. The number of halogens is 1. The molecule has 0 aliphatic heterocycles. The molecule has 2 aromatic heterocycles. The van der Waals surface area contributed by atoms with Crippen molar-refractivity contribution < 1.29 is 9.18 Å². The number of benzene rings is 1. The zero-order valence-electron chi connectivity index (χ0n) is 14.9. The Labute approximate surface area is 156 Å². The molecule has 0 fully saturated rings. The van der Waals surface area contributed by atoms with E-state index < -0.39 is 5.41 Å². The lowest BCUT2D eigenvalue weighted by Gasteiger charge is -2.29. The number of rotatable bonds is 4. The quantitative estimate of drug-likeness (QED) is 0.655. The number of aromatic nitrogens is 2. The van der Waals surface area contributed by atoms with Crippen LogP contribution in [0.4, 0.5) is 10.1 Å². The highest BCUT2D eigenvalue weighted by atomic mass is 32.1. The Morgan fingerprint density at radius 2 is 1.77 bits per heavy atom. The third-order valence-corrected chi connectivity index (χ3v) is 4.76. The van der Waals surface area contributed by atoms with Gasteiger partial charge in [-0.2, -0.15) is 0 Å². The summed E-state index contributed by atoms with van der Waals surface area (Å²) in [6.45, 7) is 5.95. The van der Waals surface area contributed by atoms with E-state index in [1.807, 2.05) is 38.3 Å². The van der Waals surface area contributed by atoms with Crippen LogP contribution < -0.4 is 4.90 Å². The second-order valence-electron chi connectivity index (χ2n) is 7.00. The van der Waals surface area contributed by atoms with Gasteiger partial charge in [-0.1, -0.05) is 20.8 Å². The molecule has 1 amide bonds. The number of nitrogens with zero attached hydrogens (tertiary/aromatic N) is 3. The molecule has 4 nitrogen and oxygen atoms in total. The number of amides is 1. The molecule has 3 rings (SSSR count). The van der Waals surface area contributed by atoms with E-state index in [0.717, 1.165) is 16.3 Å². The second kappa shape index (κ2) is 7.33. The number of carbonyl (C=O) groups excluding carboxylic acids is 1. The minimum Gasteiger partial charge on any atom is -0.306 e. The van der Waals surface area contributed by atoms with Crippen molar-refractivity contribution in [3.8, 4) is 10.6 Å². The van der Waals surface area contributed by atoms with E-state index in [1.54, 1.807) is 29.4 Å². The van der Waals surface area contributed by atoms with E-state index in [9.17, 15) is 9.18 Å². The van der Waals surface area contributed by atoms with Gasteiger partial charge in [0.15, 0.2) is 0 Å². The van der Waals surface area contributed by atoms with Crippen LogP contribution in [-0.4, -0.2) is 15.9 Å². The summed E-state index contributed by atoms with van der Waals surface area (Å²) in [4.78, 5) is 23.3. The lowest BCUT2D eigenvalue weighted by atomic mass is 9.94. The van der Waals surface area contributed by atoms with E-state index >= 15 is 0 Å². The Kier molecular flexibility index (Phi) is 5.13. The van der Waals surface area contributed by atoms with Crippen LogP contribution in [0.15, 0.2) is 54.2 Å². The van der Waals surface area contributed by atoms with Crippen LogP contribution in [0.3, 0.4) is 0 Å². The Bertz CT molecular complexity index is 885. The van der Waals surface area contributed by atoms with Crippen LogP contribution in [0.25, 0.3) is 10.6 Å². The maximum atomic E-state index is 13.3. The highest BCUT2D eigenvalue weighted by Gasteiger charge is 2.29. The van der Waals surface area contributed by atoms with Crippen LogP contribution in [0.2, 0.25) is 0 Å². The van der Waals surface area contributed by atoms with E-state index in [4.69, 9.17) is 0 Å². The molecule has 2 heterocycles. The van der Waals surface area contributed by atoms with Gasteiger partial charge in [0.05, 0.1) is 12.2 Å². The third-order valence-electron chi connectivity index (χ3n) is 3.82. The van der Waals surface area contributed by atoms with Crippen molar-refractivity contribution in [3.05, 3.63) is 65.7 Å². The molecule has 0 atom stereocenters. The summed E-state index contributed by atoms with van der Waals surface area (Å²) in [5, 5.41) is 2.83. The summed E-state index contributed by atoms with van der Waals surface area (Å²) in [6, 6.07) is 9.77. The molecule has 0 unspecified atom stereocenters. The number of thiazole rings is 1. The van der Waals surface area contributed by atoms with Crippen molar-refractivity contribution in [2.45, 2.75) is 27.3 Å². The standard InChI is InChI=1S/C20H20FN3OS/c1-20(2,3)19(25)24(17-6-4-15(21)5-7-17)12-16-13-26-18(23-16)14-8-10-22-11-9-14/h4-11,13H,12H2,1-3H3. The van der Waals surface area contributed by atoms with E-state index in [-0.39, 0.29) is 11.7 Å². The van der Waals surface area contributed by atoms with Crippen molar-refractivity contribution in [1.82, 2.24) is 9.97 Å². The third kappa shape index (κ3) is 4.14. The first-order valence-corrected chi connectivity index (χ1v) is 9.15. The fraction of sp³-hybridized carbons (Fsp3) is 0.250. The Morgan fingerprint density at radius 1 is 1.12 bits per heavy atom. The molecule has 0 aliphatic rings. The van der Waals surface area contributed by atoms with Gasteiger partial charge >= 0.3 is 0 Å².